The number of amides is 1. The van der Waals surface area contributed by atoms with Crippen LogP contribution in [0.15, 0.2) is 23.1 Å². The van der Waals surface area contributed by atoms with Gasteiger partial charge in [-0.15, -0.1) is 0 Å². The third kappa shape index (κ3) is 4.05. The van der Waals surface area contributed by atoms with Gasteiger partial charge >= 0.3 is 0 Å². The van der Waals surface area contributed by atoms with E-state index in [0.29, 0.717) is 12.0 Å². The van der Waals surface area contributed by atoms with Gasteiger partial charge in [-0.05, 0) is 44.4 Å². The average Bonchev–Trinajstić information content (AvgIpc) is 2.36. The summed E-state index contributed by atoms with van der Waals surface area (Å²) in [5.74, 6) is -0.279. The molecule has 0 saturated heterocycles. The van der Waals surface area contributed by atoms with Crippen molar-refractivity contribution < 1.29 is 13.2 Å². The summed E-state index contributed by atoms with van der Waals surface area (Å²) in [6.07, 6.45) is 1.41. The number of carbonyl (C=O) groups is 1. The van der Waals surface area contributed by atoms with Crippen molar-refractivity contribution >= 4 is 15.9 Å². The van der Waals surface area contributed by atoms with Crippen molar-refractivity contribution in [2.24, 2.45) is 5.14 Å². The highest BCUT2D eigenvalue weighted by atomic mass is 32.2. The van der Waals surface area contributed by atoms with Crippen molar-refractivity contribution in [1.82, 2.24) is 5.32 Å². The molecule has 1 aromatic carbocycles. The SMILES string of the molecule is CCc1ccc(S(N)(=O)=O)cc1C(=O)NC(C)(C)CC. The number of nitrogens with two attached hydrogens (primary N) is 1. The Balaban J connectivity index is 3.24. The highest BCUT2D eigenvalue weighted by Gasteiger charge is 2.21. The van der Waals surface area contributed by atoms with Crippen molar-refractivity contribution in [1.29, 1.82) is 0 Å². The lowest BCUT2D eigenvalue weighted by atomic mass is 9.99. The first-order valence-corrected chi connectivity index (χ1v) is 8.13. The van der Waals surface area contributed by atoms with Crippen LogP contribution < -0.4 is 10.5 Å². The van der Waals surface area contributed by atoms with Crippen LogP contribution in [0.3, 0.4) is 0 Å². The van der Waals surface area contributed by atoms with Gasteiger partial charge in [0, 0.05) is 11.1 Å². The molecule has 0 aliphatic carbocycles. The van der Waals surface area contributed by atoms with Gasteiger partial charge in [0.25, 0.3) is 5.91 Å². The minimum Gasteiger partial charge on any atom is -0.347 e. The number of rotatable bonds is 5. The summed E-state index contributed by atoms with van der Waals surface area (Å²) in [5.41, 5.74) is 0.807. The molecular weight excluding hydrogens is 276 g/mol. The van der Waals surface area contributed by atoms with Crippen molar-refractivity contribution in [3.63, 3.8) is 0 Å². The summed E-state index contributed by atoms with van der Waals surface area (Å²) < 4.78 is 22.8. The summed E-state index contributed by atoms with van der Waals surface area (Å²) in [4.78, 5) is 12.3. The molecule has 0 aromatic heterocycles. The van der Waals surface area contributed by atoms with E-state index in [1.54, 1.807) is 6.07 Å². The van der Waals surface area contributed by atoms with E-state index in [-0.39, 0.29) is 16.3 Å². The number of aryl methyl sites for hydroxylation is 1. The van der Waals surface area contributed by atoms with E-state index in [9.17, 15) is 13.2 Å². The Bertz CT molecular complexity index is 607. The van der Waals surface area contributed by atoms with E-state index in [4.69, 9.17) is 5.14 Å². The average molecular weight is 298 g/mol. The molecule has 0 heterocycles. The quantitative estimate of drug-likeness (QED) is 0.869. The van der Waals surface area contributed by atoms with E-state index in [1.807, 2.05) is 27.7 Å². The molecule has 20 heavy (non-hydrogen) atoms. The van der Waals surface area contributed by atoms with Gasteiger partial charge in [0.1, 0.15) is 0 Å². The fraction of sp³-hybridized carbons (Fsp3) is 0.500. The summed E-state index contributed by atoms with van der Waals surface area (Å²) in [6.45, 7) is 7.72. The molecule has 6 heteroatoms. The van der Waals surface area contributed by atoms with E-state index in [0.717, 1.165) is 12.0 Å². The van der Waals surface area contributed by atoms with Crippen LogP contribution in [0.2, 0.25) is 0 Å². The largest absolute Gasteiger partial charge is 0.347 e. The van der Waals surface area contributed by atoms with Gasteiger partial charge in [-0.25, -0.2) is 13.6 Å². The first kappa shape index (κ1) is 16.7. The summed E-state index contributed by atoms with van der Waals surface area (Å²) >= 11 is 0. The fourth-order valence-electron chi connectivity index (χ4n) is 1.72. The van der Waals surface area contributed by atoms with Gasteiger partial charge in [0.05, 0.1) is 4.90 Å². The third-order valence-electron chi connectivity index (χ3n) is 3.37. The molecule has 0 radical (unpaired) electrons. The number of primary sulfonamides is 1. The van der Waals surface area contributed by atoms with Crippen molar-refractivity contribution in [2.75, 3.05) is 0 Å². The first-order valence-electron chi connectivity index (χ1n) is 6.59. The van der Waals surface area contributed by atoms with Crippen molar-refractivity contribution in [2.45, 2.75) is 51.0 Å². The van der Waals surface area contributed by atoms with Gasteiger partial charge in [0.2, 0.25) is 10.0 Å². The second-order valence-corrected chi connectivity index (χ2v) is 6.97. The minimum atomic E-state index is -3.81. The predicted octanol–water partition coefficient (Wildman–Crippen LogP) is 1.81. The molecule has 1 rings (SSSR count). The molecule has 1 amide bonds. The molecule has 0 aliphatic rings. The predicted molar refractivity (Wildman–Crippen MR) is 79.0 cm³/mol. The Morgan fingerprint density at radius 3 is 2.35 bits per heavy atom. The van der Waals surface area contributed by atoms with Gasteiger partial charge in [-0.3, -0.25) is 4.79 Å². The molecule has 0 aliphatic heterocycles. The molecule has 0 unspecified atom stereocenters. The second kappa shape index (κ2) is 5.93. The van der Waals surface area contributed by atoms with Gasteiger partial charge in [-0.2, -0.15) is 0 Å². The van der Waals surface area contributed by atoms with Crippen LogP contribution in [0.5, 0.6) is 0 Å². The van der Waals surface area contributed by atoms with Gasteiger partial charge in [0.15, 0.2) is 0 Å². The molecule has 112 valence electrons. The van der Waals surface area contributed by atoms with Crippen molar-refractivity contribution in [3.8, 4) is 0 Å². The molecule has 0 atom stereocenters. The molecule has 0 spiro atoms. The Hall–Kier alpha value is -1.40. The molecule has 1 aromatic rings. The highest BCUT2D eigenvalue weighted by molar-refractivity contribution is 7.89. The maximum absolute atomic E-state index is 12.3. The van der Waals surface area contributed by atoms with E-state index in [2.05, 4.69) is 5.32 Å². The lowest BCUT2D eigenvalue weighted by Gasteiger charge is -2.25. The topological polar surface area (TPSA) is 89.3 Å². The van der Waals surface area contributed by atoms with Crippen LogP contribution in [0.4, 0.5) is 0 Å². The zero-order chi connectivity index (χ0) is 15.6. The van der Waals surface area contributed by atoms with Crippen LogP contribution in [-0.4, -0.2) is 19.9 Å². The van der Waals surface area contributed by atoms with Gasteiger partial charge in [-0.1, -0.05) is 19.9 Å². The van der Waals surface area contributed by atoms with Crippen LogP contribution in [0, 0.1) is 0 Å². The molecular formula is C14H22N2O3S. The van der Waals surface area contributed by atoms with Crippen LogP contribution in [0.25, 0.3) is 0 Å². The molecule has 5 nitrogen and oxygen atoms in total. The van der Waals surface area contributed by atoms with Gasteiger partial charge < -0.3 is 5.32 Å². The minimum absolute atomic E-state index is 0.0471. The maximum atomic E-state index is 12.3. The Morgan fingerprint density at radius 1 is 1.30 bits per heavy atom. The van der Waals surface area contributed by atoms with E-state index < -0.39 is 10.0 Å². The van der Waals surface area contributed by atoms with Crippen molar-refractivity contribution in [3.05, 3.63) is 29.3 Å². The summed E-state index contributed by atoms with van der Waals surface area (Å²) in [7, 11) is -3.81. The standard InChI is InChI=1S/C14H22N2O3S/c1-5-10-7-8-11(20(15,18)19)9-12(10)13(17)16-14(3,4)6-2/h7-9H,5-6H2,1-4H3,(H,16,17)(H2,15,18,19). The fourth-order valence-corrected chi connectivity index (χ4v) is 2.26. The number of carbonyl (C=O) groups excluding carboxylic acids is 1. The number of nitrogens with one attached hydrogen (secondary N) is 1. The summed E-state index contributed by atoms with van der Waals surface area (Å²) in [5, 5.41) is 8.01. The normalized spacial score (nSPS) is 12.2. The first-order chi connectivity index (χ1) is 9.10. The Labute approximate surface area is 120 Å². The second-order valence-electron chi connectivity index (χ2n) is 5.41. The van der Waals surface area contributed by atoms with E-state index in [1.165, 1.54) is 12.1 Å². The maximum Gasteiger partial charge on any atom is 0.252 e. The van der Waals surface area contributed by atoms with E-state index >= 15 is 0 Å². The zero-order valence-electron chi connectivity index (χ0n) is 12.4. The zero-order valence-corrected chi connectivity index (χ0v) is 13.2. The Morgan fingerprint density at radius 2 is 1.90 bits per heavy atom. The van der Waals surface area contributed by atoms with Crippen LogP contribution >= 0.6 is 0 Å². The van der Waals surface area contributed by atoms with Crippen LogP contribution in [-0.2, 0) is 16.4 Å². The number of benzene rings is 1. The number of hydrogen-bond acceptors (Lipinski definition) is 3. The highest BCUT2D eigenvalue weighted by Crippen LogP contribution is 2.18. The monoisotopic (exact) mass is 298 g/mol. The lowest BCUT2D eigenvalue weighted by Crippen LogP contribution is -2.43. The molecule has 0 fully saturated rings. The van der Waals surface area contributed by atoms with Crippen LogP contribution in [0.1, 0.15) is 50.0 Å². The molecule has 0 saturated carbocycles. The third-order valence-corrected chi connectivity index (χ3v) is 4.28. The lowest BCUT2D eigenvalue weighted by molar-refractivity contribution is 0.0910. The summed E-state index contributed by atoms with van der Waals surface area (Å²) in [6, 6.07) is 4.40. The number of sulfonamides is 1. The molecule has 3 N–H and O–H groups in total. The number of hydrogen-bond donors (Lipinski definition) is 2. The smallest absolute Gasteiger partial charge is 0.252 e. The molecule has 0 bridgehead atoms. The Kier molecular flexibility index (Phi) is 4.94.